The number of amides is 2. The van der Waals surface area contributed by atoms with Crippen molar-refractivity contribution in [1.29, 1.82) is 0 Å². The Bertz CT molecular complexity index is 501. The fraction of sp³-hybridized carbons (Fsp3) is 0.579. The van der Waals surface area contributed by atoms with Crippen molar-refractivity contribution in [2.24, 2.45) is 5.73 Å². The molecule has 3 N–H and O–H groups in total. The van der Waals surface area contributed by atoms with E-state index in [1.807, 2.05) is 6.07 Å². The largest absolute Gasteiger partial charge is 0.370 e. The summed E-state index contributed by atoms with van der Waals surface area (Å²) in [6.45, 7) is 0. The van der Waals surface area contributed by atoms with Crippen LogP contribution in [0.2, 0.25) is 0 Å². The van der Waals surface area contributed by atoms with Gasteiger partial charge in [0.05, 0.1) is 0 Å². The molecular formula is C19H28N2O2. The van der Waals surface area contributed by atoms with Crippen LogP contribution in [-0.4, -0.2) is 17.9 Å². The summed E-state index contributed by atoms with van der Waals surface area (Å²) < 4.78 is 0. The molecule has 2 amide bonds. The summed E-state index contributed by atoms with van der Waals surface area (Å²) in [4.78, 5) is 22.5. The standard InChI is InChI=1S/C19H28N2O2/c20-18(22)12-8-3-1-2-4-9-13-19(23)21-17-14-16(17)15-10-6-5-7-11-15/h5-7,10-11,16-17H,1-4,8-9,12-14H2,(H2,20,22)(H,21,23). The summed E-state index contributed by atoms with van der Waals surface area (Å²) in [7, 11) is 0. The third kappa shape index (κ3) is 6.85. The summed E-state index contributed by atoms with van der Waals surface area (Å²) in [6.07, 6.45) is 8.40. The van der Waals surface area contributed by atoms with Crippen molar-refractivity contribution in [1.82, 2.24) is 5.32 Å². The Morgan fingerprint density at radius 3 is 2.22 bits per heavy atom. The minimum atomic E-state index is -0.212. The van der Waals surface area contributed by atoms with Gasteiger partial charge in [0.25, 0.3) is 0 Å². The normalized spacial score (nSPS) is 19.3. The third-order valence-corrected chi connectivity index (χ3v) is 4.44. The molecule has 126 valence electrons. The zero-order valence-electron chi connectivity index (χ0n) is 13.8. The summed E-state index contributed by atoms with van der Waals surface area (Å²) in [5, 5.41) is 3.14. The molecule has 1 aliphatic rings. The number of benzene rings is 1. The van der Waals surface area contributed by atoms with Gasteiger partial charge < -0.3 is 11.1 Å². The molecule has 0 heterocycles. The van der Waals surface area contributed by atoms with E-state index in [-0.39, 0.29) is 11.8 Å². The van der Waals surface area contributed by atoms with E-state index in [1.54, 1.807) is 0 Å². The molecule has 0 saturated heterocycles. The average Bonchev–Trinajstić information content (AvgIpc) is 3.29. The molecule has 2 rings (SSSR count). The Kier molecular flexibility index (Phi) is 7.11. The van der Waals surface area contributed by atoms with Crippen LogP contribution < -0.4 is 11.1 Å². The molecule has 0 spiro atoms. The maximum atomic E-state index is 11.9. The zero-order valence-corrected chi connectivity index (χ0v) is 13.8. The van der Waals surface area contributed by atoms with Gasteiger partial charge in [-0.1, -0.05) is 56.0 Å². The maximum Gasteiger partial charge on any atom is 0.220 e. The smallest absolute Gasteiger partial charge is 0.220 e. The summed E-state index contributed by atoms with van der Waals surface area (Å²) in [5.41, 5.74) is 6.42. The minimum absolute atomic E-state index is 0.183. The maximum absolute atomic E-state index is 11.9. The Labute approximate surface area is 138 Å². The molecule has 1 fully saturated rings. The number of carbonyl (C=O) groups excluding carboxylic acids is 2. The van der Waals surface area contributed by atoms with E-state index < -0.39 is 0 Å². The van der Waals surface area contributed by atoms with Crippen molar-refractivity contribution in [2.75, 3.05) is 0 Å². The number of unbranched alkanes of at least 4 members (excludes halogenated alkanes) is 5. The summed E-state index contributed by atoms with van der Waals surface area (Å²) >= 11 is 0. The van der Waals surface area contributed by atoms with E-state index in [2.05, 4.69) is 29.6 Å². The monoisotopic (exact) mass is 316 g/mol. The van der Waals surface area contributed by atoms with Crippen LogP contribution in [-0.2, 0) is 9.59 Å². The highest BCUT2D eigenvalue weighted by molar-refractivity contribution is 5.76. The first-order valence-electron chi connectivity index (χ1n) is 8.79. The van der Waals surface area contributed by atoms with Gasteiger partial charge in [0.15, 0.2) is 0 Å². The third-order valence-electron chi connectivity index (χ3n) is 4.44. The van der Waals surface area contributed by atoms with Crippen LogP contribution in [0.1, 0.15) is 69.3 Å². The molecular weight excluding hydrogens is 288 g/mol. The quantitative estimate of drug-likeness (QED) is 0.615. The minimum Gasteiger partial charge on any atom is -0.370 e. The van der Waals surface area contributed by atoms with Gasteiger partial charge in [0.1, 0.15) is 0 Å². The molecule has 0 radical (unpaired) electrons. The second-order valence-electron chi connectivity index (χ2n) is 6.51. The first-order chi connectivity index (χ1) is 11.2. The van der Waals surface area contributed by atoms with E-state index >= 15 is 0 Å². The molecule has 4 nitrogen and oxygen atoms in total. The molecule has 4 heteroatoms. The molecule has 2 unspecified atom stereocenters. The lowest BCUT2D eigenvalue weighted by molar-refractivity contribution is -0.121. The highest BCUT2D eigenvalue weighted by atomic mass is 16.2. The highest BCUT2D eigenvalue weighted by Crippen LogP contribution is 2.40. The van der Waals surface area contributed by atoms with Crippen molar-refractivity contribution in [2.45, 2.75) is 69.7 Å². The fourth-order valence-corrected chi connectivity index (χ4v) is 2.99. The lowest BCUT2D eigenvalue weighted by atomic mass is 10.1. The van der Waals surface area contributed by atoms with Crippen LogP contribution in [0.25, 0.3) is 0 Å². The van der Waals surface area contributed by atoms with Gasteiger partial charge in [-0.15, -0.1) is 0 Å². The Balaban J connectivity index is 1.46. The van der Waals surface area contributed by atoms with E-state index in [0.717, 1.165) is 44.9 Å². The van der Waals surface area contributed by atoms with E-state index in [1.165, 1.54) is 5.56 Å². The fourth-order valence-electron chi connectivity index (χ4n) is 2.99. The Morgan fingerprint density at radius 2 is 1.57 bits per heavy atom. The van der Waals surface area contributed by atoms with Crippen LogP contribution >= 0.6 is 0 Å². The predicted octanol–water partition coefficient (Wildman–Crippen LogP) is 3.26. The van der Waals surface area contributed by atoms with Crippen LogP contribution in [0.3, 0.4) is 0 Å². The van der Waals surface area contributed by atoms with Crippen molar-refractivity contribution in [3.63, 3.8) is 0 Å². The van der Waals surface area contributed by atoms with Crippen LogP contribution in [0.5, 0.6) is 0 Å². The molecule has 1 aromatic rings. The highest BCUT2D eigenvalue weighted by Gasteiger charge is 2.39. The molecule has 0 aliphatic heterocycles. The Hall–Kier alpha value is -1.84. The predicted molar refractivity (Wildman–Crippen MR) is 91.9 cm³/mol. The molecule has 1 saturated carbocycles. The van der Waals surface area contributed by atoms with Gasteiger partial charge in [-0.3, -0.25) is 9.59 Å². The van der Waals surface area contributed by atoms with Crippen LogP contribution in [0, 0.1) is 0 Å². The number of hydrogen-bond donors (Lipinski definition) is 2. The summed E-state index contributed by atoms with van der Waals surface area (Å²) in [6, 6.07) is 10.7. The molecule has 0 bridgehead atoms. The van der Waals surface area contributed by atoms with E-state index in [0.29, 0.717) is 24.8 Å². The van der Waals surface area contributed by atoms with E-state index in [9.17, 15) is 9.59 Å². The Morgan fingerprint density at radius 1 is 0.957 bits per heavy atom. The first kappa shape index (κ1) is 17.5. The summed E-state index contributed by atoms with van der Waals surface area (Å²) in [5.74, 6) is 0.475. The number of hydrogen-bond acceptors (Lipinski definition) is 2. The van der Waals surface area contributed by atoms with Gasteiger partial charge in [0, 0.05) is 24.8 Å². The van der Waals surface area contributed by atoms with Gasteiger partial charge in [-0.25, -0.2) is 0 Å². The molecule has 1 aromatic carbocycles. The number of carbonyl (C=O) groups is 2. The zero-order chi connectivity index (χ0) is 16.5. The molecule has 1 aliphatic carbocycles. The number of nitrogens with two attached hydrogens (primary N) is 1. The van der Waals surface area contributed by atoms with E-state index in [4.69, 9.17) is 5.73 Å². The number of rotatable bonds is 11. The second kappa shape index (κ2) is 9.33. The topological polar surface area (TPSA) is 72.2 Å². The van der Waals surface area contributed by atoms with Gasteiger partial charge >= 0.3 is 0 Å². The molecule has 0 aromatic heterocycles. The van der Waals surface area contributed by atoms with Gasteiger partial charge in [0.2, 0.25) is 11.8 Å². The lowest BCUT2D eigenvalue weighted by Crippen LogP contribution is -2.26. The first-order valence-corrected chi connectivity index (χ1v) is 8.79. The molecule has 23 heavy (non-hydrogen) atoms. The number of nitrogens with one attached hydrogen (secondary N) is 1. The van der Waals surface area contributed by atoms with Crippen molar-refractivity contribution >= 4 is 11.8 Å². The average molecular weight is 316 g/mol. The van der Waals surface area contributed by atoms with Gasteiger partial charge in [-0.2, -0.15) is 0 Å². The van der Waals surface area contributed by atoms with Crippen molar-refractivity contribution < 1.29 is 9.59 Å². The lowest BCUT2D eigenvalue weighted by Gasteiger charge is -2.05. The van der Waals surface area contributed by atoms with Crippen LogP contribution in [0.4, 0.5) is 0 Å². The molecule has 2 atom stereocenters. The van der Waals surface area contributed by atoms with Crippen molar-refractivity contribution in [3.8, 4) is 0 Å². The second-order valence-corrected chi connectivity index (χ2v) is 6.51. The van der Waals surface area contributed by atoms with Crippen molar-refractivity contribution in [3.05, 3.63) is 35.9 Å². The van der Waals surface area contributed by atoms with Gasteiger partial charge in [-0.05, 0) is 24.8 Å². The number of primary amides is 1. The van der Waals surface area contributed by atoms with Crippen LogP contribution in [0.15, 0.2) is 30.3 Å². The SMILES string of the molecule is NC(=O)CCCCCCCCC(=O)NC1CC1c1ccccc1.